The van der Waals surface area contributed by atoms with E-state index in [2.05, 4.69) is 10.1 Å². The van der Waals surface area contributed by atoms with Crippen LogP contribution in [0.25, 0.3) is 0 Å². The Morgan fingerprint density at radius 1 is 1.04 bits per heavy atom. The molecule has 27 heavy (non-hydrogen) atoms. The van der Waals surface area contributed by atoms with Gasteiger partial charge in [-0.25, -0.2) is 9.59 Å². The van der Waals surface area contributed by atoms with Gasteiger partial charge in [0.1, 0.15) is 0 Å². The number of carbonyl (C=O) groups excluding carboxylic acids is 2. The van der Waals surface area contributed by atoms with Gasteiger partial charge in [0, 0.05) is 10.7 Å². The minimum atomic E-state index is -5.15. The van der Waals surface area contributed by atoms with E-state index in [1.165, 1.54) is 49.4 Å². The summed E-state index contributed by atoms with van der Waals surface area (Å²) in [6.07, 6.45) is -5.15. The fourth-order valence-corrected chi connectivity index (χ4v) is 2.51. The standard InChI is InChI=1S/C18H16ClF3N2O3/c1-2-27-15(25)17(18(20,21)22,12-6-4-3-5-7-12)24-16(26)23-14-10-8-13(19)9-11-14/h3-11H,2H2,1H3,(H2,23,24,26)/t17-/m1/s1. The van der Waals surface area contributed by atoms with Gasteiger partial charge in [0.2, 0.25) is 0 Å². The van der Waals surface area contributed by atoms with Gasteiger partial charge in [-0.15, -0.1) is 0 Å². The van der Waals surface area contributed by atoms with E-state index in [1.807, 2.05) is 0 Å². The fraction of sp³-hybridized carbons (Fsp3) is 0.222. The second-order valence-electron chi connectivity index (χ2n) is 5.42. The number of hydrogen-bond donors (Lipinski definition) is 2. The van der Waals surface area contributed by atoms with Crippen LogP contribution in [0.5, 0.6) is 0 Å². The summed E-state index contributed by atoms with van der Waals surface area (Å²) in [6, 6.07) is 10.8. The van der Waals surface area contributed by atoms with E-state index >= 15 is 0 Å². The van der Waals surface area contributed by atoms with Gasteiger partial charge in [-0.2, -0.15) is 13.2 Å². The molecule has 9 heteroatoms. The summed E-state index contributed by atoms with van der Waals surface area (Å²) in [4.78, 5) is 24.6. The first-order valence-electron chi connectivity index (χ1n) is 7.85. The van der Waals surface area contributed by atoms with Crippen LogP contribution in [0.1, 0.15) is 12.5 Å². The van der Waals surface area contributed by atoms with Crippen molar-refractivity contribution in [1.82, 2.24) is 5.32 Å². The van der Waals surface area contributed by atoms with E-state index in [0.29, 0.717) is 5.02 Å². The summed E-state index contributed by atoms with van der Waals surface area (Å²) in [7, 11) is 0. The Morgan fingerprint density at radius 3 is 2.15 bits per heavy atom. The van der Waals surface area contributed by atoms with Gasteiger partial charge >= 0.3 is 18.2 Å². The lowest BCUT2D eigenvalue weighted by molar-refractivity contribution is -0.213. The Balaban J connectivity index is 2.43. The van der Waals surface area contributed by atoms with Gasteiger partial charge < -0.3 is 15.4 Å². The molecule has 2 N–H and O–H groups in total. The van der Waals surface area contributed by atoms with E-state index in [9.17, 15) is 22.8 Å². The number of ether oxygens (including phenoxy) is 1. The van der Waals surface area contributed by atoms with Gasteiger partial charge in [0.15, 0.2) is 0 Å². The highest BCUT2D eigenvalue weighted by atomic mass is 35.5. The van der Waals surface area contributed by atoms with Crippen LogP contribution in [0.2, 0.25) is 5.02 Å². The number of alkyl halides is 3. The van der Waals surface area contributed by atoms with Crippen LogP contribution in [-0.4, -0.2) is 24.8 Å². The quantitative estimate of drug-likeness (QED) is 0.727. The lowest BCUT2D eigenvalue weighted by atomic mass is 9.89. The minimum Gasteiger partial charge on any atom is -0.464 e. The number of halogens is 4. The monoisotopic (exact) mass is 400 g/mol. The molecule has 144 valence electrons. The number of urea groups is 1. The number of benzene rings is 2. The molecule has 0 unspecified atom stereocenters. The lowest BCUT2D eigenvalue weighted by Gasteiger charge is -2.34. The first kappa shape index (κ1) is 20.6. The molecular weight excluding hydrogens is 385 g/mol. The summed E-state index contributed by atoms with van der Waals surface area (Å²) < 4.78 is 46.7. The van der Waals surface area contributed by atoms with Gasteiger partial charge in [0.25, 0.3) is 5.54 Å². The van der Waals surface area contributed by atoms with E-state index in [0.717, 1.165) is 12.1 Å². The van der Waals surface area contributed by atoms with Gasteiger partial charge in [-0.05, 0) is 36.8 Å². The van der Waals surface area contributed by atoms with Crippen LogP contribution < -0.4 is 10.6 Å². The molecule has 1 atom stereocenters. The molecule has 0 spiro atoms. The van der Waals surface area contributed by atoms with E-state index in [-0.39, 0.29) is 12.3 Å². The third kappa shape index (κ3) is 4.51. The van der Waals surface area contributed by atoms with Crippen molar-refractivity contribution >= 4 is 29.3 Å². The maximum absolute atomic E-state index is 14.0. The van der Waals surface area contributed by atoms with Crippen LogP contribution in [-0.2, 0) is 15.1 Å². The summed E-state index contributed by atoms with van der Waals surface area (Å²) >= 11 is 5.73. The average molecular weight is 401 g/mol. The zero-order valence-corrected chi connectivity index (χ0v) is 14.9. The van der Waals surface area contributed by atoms with Crippen LogP contribution in [0.4, 0.5) is 23.7 Å². The van der Waals surface area contributed by atoms with Crippen LogP contribution >= 0.6 is 11.6 Å². The molecule has 0 aliphatic heterocycles. The van der Waals surface area contributed by atoms with E-state index in [1.54, 1.807) is 5.32 Å². The average Bonchev–Trinajstić information content (AvgIpc) is 2.61. The van der Waals surface area contributed by atoms with Crippen molar-refractivity contribution in [2.24, 2.45) is 0 Å². The number of hydrogen-bond acceptors (Lipinski definition) is 3. The molecule has 0 bridgehead atoms. The molecular formula is C18H16ClF3N2O3. The van der Waals surface area contributed by atoms with Crippen molar-refractivity contribution in [1.29, 1.82) is 0 Å². The van der Waals surface area contributed by atoms with Gasteiger partial charge in [0.05, 0.1) is 6.61 Å². The summed E-state index contributed by atoms with van der Waals surface area (Å²) in [5.74, 6) is -1.63. The smallest absolute Gasteiger partial charge is 0.426 e. The molecule has 0 heterocycles. The van der Waals surface area contributed by atoms with Crippen molar-refractivity contribution in [3.8, 4) is 0 Å². The van der Waals surface area contributed by atoms with Crippen molar-refractivity contribution in [2.75, 3.05) is 11.9 Å². The number of carbonyl (C=O) groups is 2. The molecule has 0 saturated carbocycles. The Morgan fingerprint density at radius 2 is 1.63 bits per heavy atom. The summed E-state index contributed by atoms with van der Waals surface area (Å²) in [5, 5.41) is 4.39. The Hall–Kier alpha value is -2.74. The zero-order chi connectivity index (χ0) is 20.1. The highest BCUT2D eigenvalue weighted by Gasteiger charge is 2.64. The second-order valence-corrected chi connectivity index (χ2v) is 5.86. The molecule has 2 amide bonds. The number of amides is 2. The zero-order valence-electron chi connectivity index (χ0n) is 14.1. The summed E-state index contributed by atoms with van der Waals surface area (Å²) in [5.41, 5.74) is -3.63. The third-order valence-electron chi connectivity index (χ3n) is 3.62. The van der Waals surface area contributed by atoms with Gasteiger partial charge in [-0.3, -0.25) is 0 Å². The molecule has 0 saturated heterocycles. The first-order chi connectivity index (χ1) is 12.7. The normalized spacial score (nSPS) is 13.4. The molecule has 2 aromatic rings. The van der Waals surface area contributed by atoms with Crippen molar-refractivity contribution in [2.45, 2.75) is 18.6 Å². The molecule has 0 aliphatic carbocycles. The predicted molar refractivity (Wildman–Crippen MR) is 94.4 cm³/mol. The third-order valence-corrected chi connectivity index (χ3v) is 3.87. The van der Waals surface area contributed by atoms with Crippen molar-refractivity contribution < 1.29 is 27.5 Å². The van der Waals surface area contributed by atoms with Crippen LogP contribution in [0.3, 0.4) is 0 Å². The minimum absolute atomic E-state index is 0.199. The summed E-state index contributed by atoms with van der Waals surface area (Å²) in [6.45, 7) is 1.09. The number of anilines is 1. The maximum atomic E-state index is 14.0. The SMILES string of the molecule is CCOC(=O)[C@](NC(=O)Nc1ccc(Cl)cc1)(c1ccccc1)C(F)(F)F. The van der Waals surface area contributed by atoms with Crippen LogP contribution in [0.15, 0.2) is 54.6 Å². The fourth-order valence-electron chi connectivity index (χ4n) is 2.38. The largest absolute Gasteiger partial charge is 0.464 e. The van der Waals surface area contributed by atoms with Crippen LogP contribution in [0, 0.1) is 0 Å². The molecule has 5 nitrogen and oxygen atoms in total. The van der Waals surface area contributed by atoms with E-state index in [4.69, 9.17) is 11.6 Å². The Labute approximate surface area is 158 Å². The van der Waals surface area contributed by atoms with Crippen molar-refractivity contribution in [3.63, 3.8) is 0 Å². The molecule has 0 aromatic heterocycles. The van der Waals surface area contributed by atoms with Crippen molar-refractivity contribution in [3.05, 3.63) is 65.2 Å². The molecule has 2 aromatic carbocycles. The maximum Gasteiger partial charge on any atom is 0.426 e. The highest BCUT2D eigenvalue weighted by Crippen LogP contribution is 2.40. The molecule has 0 fully saturated rings. The molecule has 0 aliphatic rings. The predicted octanol–water partition coefficient (Wildman–Crippen LogP) is 4.48. The number of esters is 1. The number of nitrogens with one attached hydrogen (secondary N) is 2. The molecule has 0 radical (unpaired) electrons. The first-order valence-corrected chi connectivity index (χ1v) is 8.22. The number of rotatable bonds is 5. The second kappa shape index (κ2) is 8.30. The highest BCUT2D eigenvalue weighted by molar-refractivity contribution is 6.30. The van der Waals surface area contributed by atoms with E-state index < -0.39 is 29.3 Å². The lowest BCUT2D eigenvalue weighted by Crippen LogP contribution is -2.62. The van der Waals surface area contributed by atoms with Gasteiger partial charge in [-0.1, -0.05) is 41.9 Å². The Bertz CT molecular complexity index is 798. The Kier molecular flexibility index (Phi) is 6.32. The topological polar surface area (TPSA) is 67.4 Å². The molecule has 2 rings (SSSR count).